The fraction of sp³-hybridized carbons (Fsp3) is 0.538. The second-order valence-electron chi connectivity index (χ2n) is 4.52. The Labute approximate surface area is 92.1 Å². The monoisotopic (exact) mass is 204 g/mol. The van der Waals surface area contributed by atoms with Gasteiger partial charge in [-0.2, -0.15) is 0 Å². The molecule has 0 aliphatic carbocycles. The molecule has 2 rings (SSSR count). The number of nitrogens with one attached hydrogen (secondary N) is 2. The SMILES string of the molecule is CC(C)NCc1cccc2c1CCNC2. The van der Waals surface area contributed by atoms with E-state index in [1.54, 1.807) is 5.56 Å². The van der Waals surface area contributed by atoms with Gasteiger partial charge in [0.2, 0.25) is 0 Å². The van der Waals surface area contributed by atoms with Crippen LogP contribution in [0.3, 0.4) is 0 Å². The van der Waals surface area contributed by atoms with Gasteiger partial charge in [0.05, 0.1) is 0 Å². The Balaban J connectivity index is 2.16. The van der Waals surface area contributed by atoms with Crippen molar-refractivity contribution < 1.29 is 0 Å². The molecule has 2 N–H and O–H groups in total. The Morgan fingerprint density at radius 2 is 2.27 bits per heavy atom. The molecule has 82 valence electrons. The maximum atomic E-state index is 3.49. The summed E-state index contributed by atoms with van der Waals surface area (Å²) >= 11 is 0. The first-order valence-electron chi connectivity index (χ1n) is 5.81. The van der Waals surface area contributed by atoms with Gasteiger partial charge in [-0.3, -0.25) is 0 Å². The molecule has 2 nitrogen and oxygen atoms in total. The van der Waals surface area contributed by atoms with E-state index in [-0.39, 0.29) is 0 Å². The highest BCUT2D eigenvalue weighted by Crippen LogP contribution is 2.18. The van der Waals surface area contributed by atoms with Gasteiger partial charge in [-0.15, -0.1) is 0 Å². The van der Waals surface area contributed by atoms with Gasteiger partial charge in [0.1, 0.15) is 0 Å². The number of rotatable bonds is 3. The molecule has 15 heavy (non-hydrogen) atoms. The summed E-state index contributed by atoms with van der Waals surface area (Å²) in [6, 6.07) is 7.21. The van der Waals surface area contributed by atoms with Crippen LogP contribution in [0.1, 0.15) is 30.5 Å². The van der Waals surface area contributed by atoms with Crippen LogP contribution in [0, 0.1) is 0 Å². The molecule has 1 heterocycles. The lowest BCUT2D eigenvalue weighted by Crippen LogP contribution is -2.27. The third kappa shape index (κ3) is 2.58. The van der Waals surface area contributed by atoms with Crippen molar-refractivity contribution in [3.63, 3.8) is 0 Å². The maximum Gasteiger partial charge on any atom is 0.0210 e. The number of hydrogen-bond acceptors (Lipinski definition) is 2. The van der Waals surface area contributed by atoms with E-state index in [9.17, 15) is 0 Å². The van der Waals surface area contributed by atoms with E-state index < -0.39 is 0 Å². The van der Waals surface area contributed by atoms with Crippen molar-refractivity contribution in [3.05, 3.63) is 34.9 Å². The van der Waals surface area contributed by atoms with E-state index in [0.29, 0.717) is 6.04 Å². The summed E-state index contributed by atoms with van der Waals surface area (Å²) in [5.74, 6) is 0. The minimum absolute atomic E-state index is 0.558. The molecule has 0 bridgehead atoms. The van der Waals surface area contributed by atoms with Crippen LogP contribution < -0.4 is 10.6 Å². The van der Waals surface area contributed by atoms with Crippen molar-refractivity contribution in [2.45, 2.75) is 39.4 Å². The molecule has 0 amide bonds. The molecular formula is C13H20N2. The average Bonchev–Trinajstić information content (AvgIpc) is 2.26. The zero-order valence-corrected chi connectivity index (χ0v) is 9.64. The lowest BCUT2D eigenvalue weighted by atomic mass is 9.95. The van der Waals surface area contributed by atoms with Crippen molar-refractivity contribution in [1.82, 2.24) is 10.6 Å². The van der Waals surface area contributed by atoms with Crippen molar-refractivity contribution in [2.24, 2.45) is 0 Å². The molecule has 2 heteroatoms. The zero-order valence-electron chi connectivity index (χ0n) is 9.64. The molecule has 1 aliphatic rings. The molecular weight excluding hydrogens is 184 g/mol. The third-order valence-electron chi connectivity index (χ3n) is 2.94. The number of fused-ring (bicyclic) bond motifs is 1. The zero-order chi connectivity index (χ0) is 10.7. The van der Waals surface area contributed by atoms with Crippen LogP contribution in [0.2, 0.25) is 0 Å². The lowest BCUT2D eigenvalue weighted by molar-refractivity contribution is 0.577. The molecule has 1 aromatic rings. The standard InChI is InChI=1S/C13H20N2/c1-10(2)15-9-12-5-3-4-11-8-14-7-6-13(11)12/h3-5,10,14-15H,6-9H2,1-2H3. The van der Waals surface area contributed by atoms with E-state index in [0.717, 1.165) is 19.6 Å². The minimum Gasteiger partial charge on any atom is -0.312 e. The van der Waals surface area contributed by atoms with Gasteiger partial charge in [0.15, 0.2) is 0 Å². The van der Waals surface area contributed by atoms with Gasteiger partial charge in [-0.05, 0) is 29.7 Å². The van der Waals surface area contributed by atoms with E-state index in [1.807, 2.05) is 0 Å². The van der Waals surface area contributed by atoms with Crippen LogP contribution in [-0.2, 0) is 19.5 Å². The smallest absolute Gasteiger partial charge is 0.0210 e. The van der Waals surface area contributed by atoms with Crippen molar-refractivity contribution >= 4 is 0 Å². The lowest BCUT2D eigenvalue weighted by Gasteiger charge is -2.21. The summed E-state index contributed by atoms with van der Waals surface area (Å²) in [4.78, 5) is 0. The van der Waals surface area contributed by atoms with Crippen LogP contribution in [0.25, 0.3) is 0 Å². The van der Waals surface area contributed by atoms with Crippen molar-refractivity contribution in [3.8, 4) is 0 Å². The average molecular weight is 204 g/mol. The molecule has 0 atom stereocenters. The molecule has 0 aromatic heterocycles. The molecule has 0 radical (unpaired) electrons. The summed E-state index contributed by atoms with van der Waals surface area (Å²) in [5.41, 5.74) is 4.51. The first kappa shape index (κ1) is 10.7. The molecule has 0 saturated heterocycles. The Hall–Kier alpha value is -0.860. The highest BCUT2D eigenvalue weighted by atomic mass is 14.9. The summed E-state index contributed by atoms with van der Waals surface area (Å²) in [6.07, 6.45) is 1.17. The van der Waals surface area contributed by atoms with Crippen LogP contribution >= 0.6 is 0 Å². The Bertz CT molecular complexity index is 331. The molecule has 0 saturated carbocycles. The first-order valence-corrected chi connectivity index (χ1v) is 5.81. The number of benzene rings is 1. The summed E-state index contributed by atoms with van der Waals surface area (Å²) in [5, 5.41) is 6.90. The Morgan fingerprint density at radius 3 is 3.07 bits per heavy atom. The number of hydrogen-bond donors (Lipinski definition) is 2. The van der Waals surface area contributed by atoms with E-state index in [4.69, 9.17) is 0 Å². The predicted octanol–water partition coefficient (Wildman–Crippen LogP) is 1.83. The second kappa shape index (κ2) is 4.77. The Morgan fingerprint density at radius 1 is 1.40 bits per heavy atom. The van der Waals surface area contributed by atoms with Gasteiger partial charge in [0.25, 0.3) is 0 Å². The van der Waals surface area contributed by atoms with E-state index in [1.165, 1.54) is 17.5 Å². The molecule has 0 spiro atoms. The molecule has 1 aromatic carbocycles. The molecule has 0 unspecified atom stereocenters. The van der Waals surface area contributed by atoms with Crippen LogP contribution in [0.5, 0.6) is 0 Å². The quantitative estimate of drug-likeness (QED) is 0.785. The molecule has 0 fully saturated rings. The van der Waals surface area contributed by atoms with Gasteiger partial charge in [-0.1, -0.05) is 32.0 Å². The topological polar surface area (TPSA) is 24.1 Å². The van der Waals surface area contributed by atoms with Crippen molar-refractivity contribution in [2.75, 3.05) is 6.54 Å². The van der Waals surface area contributed by atoms with Gasteiger partial charge >= 0.3 is 0 Å². The van der Waals surface area contributed by atoms with Gasteiger partial charge < -0.3 is 10.6 Å². The third-order valence-corrected chi connectivity index (χ3v) is 2.94. The fourth-order valence-electron chi connectivity index (χ4n) is 2.09. The highest BCUT2D eigenvalue weighted by Gasteiger charge is 2.11. The maximum absolute atomic E-state index is 3.49. The van der Waals surface area contributed by atoms with Gasteiger partial charge in [-0.25, -0.2) is 0 Å². The summed E-state index contributed by atoms with van der Waals surface area (Å²) in [6.45, 7) is 7.53. The van der Waals surface area contributed by atoms with Crippen LogP contribution in [0.4, 0.5) is 0 Å². The first-order chi connectivity index (χ1) is 7.27. The summed E-state index contributed by atoms with van der Waals surface area (Å²) < 4.78 is 0. The van der Waals surface area contributed by atoms with Crippen LogP contribution in [-0.4, -0.2) is 12.6 Å². The normalized spacial score (nSPS) is 15.4. The van der Waals surface area contributed by atoms with Crippen molar-refractivity contribution in [1.29, 1.82) is 0 Å². The largest absolute Gasteiger partial charge is 0.312 e. The van der Waals surface area contributed by atoms with Gasteiger partial charge in [0, 0.05) is 19.1 Å². The fourth-order valence-corrected chi connectivity index (χ4v) is 2.09. The van der Waals surface area contributed by atoms with E-state index in [2.05, 4.69) is 42.7 Å². The van der Waals surface area contributed by atoms with E-state index >= 15 is 0 Å². The predicted molar refractivity (Wildman–Crippen MR) is 63.8 cm³/mol. The second-order valence-corrected chi connectivity index (χ2v) is 4.52. The Kier molecular flexibility index (Phi) is 3.39. The minimum atomic E-state index is 0.558. The highest BCUT2D eigenvalue weighted by molar-refractivity contribution is 5.36. The summed E-state index contributed by atoms with van der Waals surface area (Å²) in [7, 11) is 0. The van der Waals surface area contributed by atoms with Crippen LogP contribution in [0.15, 0.2) is 18.2 Å². The molecule has 1 aliphatic heterocycles.